The number of ether oxygens (including phenoxy) is 1. The van der Waals surface area contributed by atoms with Gasteiger partial charge in [0.15, 0.2) is 11.9 Å². The minimum Gasteiger partial charge on any atom is -0.480 e. The normalized spacial score (nSPS) is 15.7. The Morgan fingerprint density at radius 1 is 1.42 bits per heavy atom. The van der Waals surface area contributed by atoms with Crippen LogP contribution in [-0.4, -0.2) is 23.8 Å². The standard InChI is InChI=1S/C14H16FNO3/c1-8(17)12-7-10(15)3-6-13(12)19-9(2)14(18)16-11-4-5-11/h3,6-7,9,11H,4-5H2,1-2H3,(H,16,18). The molecule has 1 fully saturated rings. The Kier molecular flexibility index (Phi) is 3.83. The van der Waals surface area contributed by atoms with Gasteiger partial charge in [0.05, 0.1) is 5.56 Å². The van der Waals surface area contributed by atoms with Crippen molar-refractivity contribution < 1.29 is 18.7 Å². The van der Waals surface area contributed by atoms with Gasteiger partial charge in [-0.3, -0.25) is 9.59 Å². The second kappa shape index (κ2) is 5.38. The van der Waals surface area contributed by atoms with E-state index in [1.165, 1.54) is 19.1 Å². The van der Waals surface area contributed by atoms with Crippen LogP contribution in [0.3, 0.4) is 0 Å². The number of carbonyl (C=O) groups excluding carboxylic acids is 2. The van der Waals surface area contributed by atoms with E-state index in [0.717, 1.165) is 18.9 Å². The van der Waals surface area contributed by atoms with Gasteiger partial charge in [0.2, 0.25) is 0 Å². The summed E-state index contributed by atoms with van der Waals surface area (Å²) in [5.41, 5.74) is 0.145. The van der Waals surface area contributed by atoms with Crippen molar-refractivity contribution in [3.8, 4) is 5.75 Å². The lowest BCUT2D eigenvalue weighted by Crippen LogP contribution is -2.37. The molecule has 1 aromatic rings. The fourth-order valence-electron chi connectivity index (χ4n) is 1.67. The number of hydrogen-bond acceptors (Lipinski definition) is 3. The van der Waals surface area contributed by atoms with E-state index >= 15 is 0 Å². The Morgan fingerprint density at radius 3 is 2.68 bits per heavy atom. The molecule has 1 saturated carbocycles. The number of halogens is 1. The highest BCUT2D eigenvalue weighted by atomic mass is 19.1. The van der Waals surface area contributed by atoms with Gasteiger partial charge in [0, 0.05) is 6.04 Å². The van der Waals surface area contributed by atoms with E-state index in [9.17, 15) is 14.0 Å². The molecule has 1 unspecified atom stereocenters. The van der Waals surface area contributed by atoms with E-state index in [1.54, 1.807) is 6.92 Å². The molecule has 0 spiro atoms. The van der Waals surface area contributed by atoms with Gasteiger partial charge >= 0.3 is 0 Å². The molecule has 2 rings (SSSR count). The van der Waals surface area contributed by atoms with E-state index in [4.69, 9.17) is 4.74 Å². The van der Waals surface area contributed by atoms with Gasteiger partial charge in [-0.1, -0.05) is 0 Å². The summed E-state index contributed by atoms with van der Waals surface area (Å²) in [4.78, 5) is 23.2. The number of nitrogens with one attached hydrogen (secondary N) is 1. The van der Waals surface area contributed by atoms with Crippen LogP contribution in [0, 0.1) is 5.82 Å². The van der Waals surface area contributed by atoms with Gasteiger partial charge in [0.25, 0.3) is 5.91 Å². The Labute approximate surface area is 110 Å². The van der Waals surface area contributed by atoms with E-state index in [-0.39, 0.29) is 29.0 Å². The van der Waals surface area contributed by atoms with Crippen LogP contribution in [0.25, 0.3) is 0 Å². The molecule has 1 aromatic carbocycles. The lowest BCUT2D eigenvalue weighted by Gasteiger charge is -2.16. The van der Waals surface area contributed by atoms with E-state index in [0.29, 0.717) is 0 Å². The molecule has 19 heavy (non-hydrogen) atoms. The summed E-state index contributed by atoms with van der Waals surface area (Å²) in [6.07, 6.45) is 1.27. The van der Waals surface area contributed by atoms with Crippen LogP contribution < -0.4 is 10.1 Å². The van der Waals surface area contributed by atoms with Crippen molar-refractivity contribution >= 4 is 11.7 Å². The molecule has 1 aliphatic carbocycles. The fraction of sp³-hybridized carbons (Fsp3) is 0.429. The molecule has 0 aliphatic heterocycles. The molecule has 1 amide bonds. The number of amides is 1. The topological polar surface area (TPSA) is 55.4 Å². The molecule has 0 aromatic heterocycles. The summed E-state index contributed by atoms with van der Waals surface area (Å²) < 4.78 is 18.5. The highest BCUT2D eigenvalue weighted by Gasteiger charge is 2.26. The maximum absolute atomic E-state index is 13.1. The second-order valence-electron chi connectivity index (χ2n) is 4.74. The highest BCUT2D eigenvalue weighted by Crippen LogP contribution is 2.22. The molecular weight excluding hydrogens is 249 g/mol. The van der Waals surface area contributed by atoms with Crippen molar-refractivity contribution in [1.82, 2.24) is 5.32 Å². The Bertz CT molecular complexity index is 511. The van der Waals surface area contributed by atoms with E-state index in [2.05, 4.69) is 5.32 Å². The van der Waals surface area contributed by atoms with Crippen LogP contribution in [0.15, 0.2) is 18.2 Å². The third-order valence-electron chi connectivity index (χ3n) is 2.92. The first-order chi connectivity index (χ1) is 8.97. The summed E-state index contributed by atoms with van der Waals surface area (Å²) in [7, 11) is 0. The van der Waals surface area contributed by atoms with Crippen LogP contribution in [0.5, 0.6) is 5.75 Å². The maximum atomic E-state index is 13.1. The van der Waals surface area contributed by atoms with Gasteiger partial charge in [0.1, 0.15) is 11.6 Å². The second-order valence-corrected chi connectivity index (χ2v) is 4.74. The SMILES string of the molecule is CC(=O)c1cc(F)ccc1OC(C)C(=O)NC1CC1. The number of hydrogen-bond donors (Lipinski definition) is 1. The van der Waals surface area contributed by atoms with Gasteiger partial charge in [-0.05, 0) is 44.9 Å². The number of benzene rings is 1. The predicted octanol–water partition coefficient (Wildman–Crippen LogP) is 2.07. The first kappa shape index (κ1) is 13.5. The number of carbonyl (C=O) groups is 2. The lowest BCUT2D eigenvalue weighted by molar-refractivity contribution is -0.127. The average Bonchev–Trinajstić information content (AvgIpc) is 3.14. The summed E-state index contributed by atoms with van der Waals surface area (Å²) >= 11 is 0. The first-order valence-electron chi connectivity index (χ1n) is 6.25. The molecule has 1 N–H and O–H groups in total. The zero-order valence-corrected chi connectivity index (χ0v) is 10.9. The number of ketones is 1. The summed E-state index contributed by atoms with van der Waals surface area (Å²) in [5.74, 6) is -0.800. The molecule has 5 heteroatoms. The molecule has 0 radical (unpaired) electrons. The average molecular weight is 265 g/mol. The zero-order valence-electron chi connectivity index (χ0n) is 10.9. The quantitative estimate of drug-likeness (QED) is 0.829. The van der Waals surface area contributed by atoms with Crippen molar-refractivity contribution in [3.05, 3.63) is 29.6 Å². The van der Waals surface area contributed by atoms with Gasteiger partial charge in [-0.2, -0.15) is 0 Å². The van der Waals surface area contributed by atoms with Crippen molar-refractivity contribution in [3.63, 3.8) is 0 Å². The predicted molar refractivity (Wildman–Crippen MR) is 67.7 cm³/mol. The van der Waals surface area contributed by atoms with Crippen molar-refractivity contribution in [2.45, 2.75) is 38.8 Å². The number of Topliss-reactive ketones (excluding diaryl/α,β-unsaturated/α-hetero) is 1. The first-order valence-corrected chi connectivity index (χ1v) is 6.25. The Morgan fingerprint density at radius 2 is 2.11 bits per heavy atom. The van der Waals surface area contributed by atoms with E-state index < -0.39 is 11.9 Å². The maximum Gasteiger partial charge on any atom is 0.260 e. The largest absolute Gasteiger partial charge is 0.480 e. The Hall–Kier alpha value is -1.91. The summed E-state index contributed by atoms with van der Waals surface area (Å²) in [5, 5.41) is 2.81. The smallest absolute Gasteiger partial charge is 0.260 e. The van der Waals surface area contributed by atoms with Crippen LogP contribution >= 0.6 is 0 Å². The van der Waals surface area contributed by atoms with Gasteiger partial charge in [-0.25, -0.2) is 4.39 Å². The van der Waals surface area contributed by atoms with E-state index in [1.807, 2.05) is 0 Å². The lowest BCUT2D eigenvalue weighted by atomic mass is 10.1. The molecule has 102 valence electrons. The molecule has 1 atom stereocenters. The van der Waals surface area contributed by atoms with Crippen LogP contribution in [-0.2, 0) is 4.79 Å². The zero-order chi connectivity index (χ0) is 14.0. The fourth-order valence-corrected chi connectivity index (χ4v) is 1.67. The molecule has 0 heterocycles. The minimum absolute atomic E-state index is 0.145. The minimum atomic E-state index is -0.718. The third kappa shape index (κ3) is 3.53. The molecule has 4 nitrogen and oxygen atoms in total. The third-order valence-corrected chi connectivity index (χ3v) is 2.92. The van der Waals surface area contributed by atoms with Gasteiger partial charge in [-0.15, -0.1) is 0 Å². The molecule has 1 aliphatic rings. The monoisotopic (exact) mass is 265 g/mol. The van der Waals surface area contributed by atoms with Crippen molar-refractivity contribution in [1.29, 1.82) is 0 Å². The van der Waals surface area contributed by atoms with Crippen LogP contribution in [0.4, 0.5) is 4.39 Å². The van der Waals surface area contributed by atoms with Crippen molar-refractivity contribution in [2.24, 2.45) is 0 Å². The van der Waals surface area contributed by atoms with Crippen molar-refractivity contribution in [2.75, 3.05) is 0 Å². The van der Waals surface area contributed by atoms with Crippen LogP contribution in [0.2, 0.25) is 0 Å². The summed E-state index contributed by atoms with van der Waals surface area (Å²) in [6, 6.07) is 3.93. The van der Waals surface area contributed by atoms with Crippen LogP contribution in [0.1, 0.15) is 37.0 Å². The Balaban J connectivity index is 2.08. The molecule has 0 bridgehead atoms. The molecular formula is C14H16FNO3. The number of rotatable bonds is 5. The molecule has 0 saturated heterocycles. The summed E-state index contributed by atoms with van der Waals surface area (Å²) in [6.45, 7) is 2.93. The van der Waals surface area contributed by atoms with Gasteiger partial charge < -0.3 is 10.1 Å². The highest BCUT2D eigenvalue weighted by molar-refractivity contribution is 5.97.